The van der Waals surface area contributed by atoms with E-state index in [1.54, 1.807) is 6.07 Å². The van der Waals surface area contributed by atoms with E-state index in [4.69, 9.17) is 0 Å². The molecule has 2 aromatic carbocycles. The number of rotatable bonds is 2. The van der Waals surface area contributed by atoms with Gasteiger partial charge in [0, 0.05) is 17.3 Å². The number of hydrogen-bond donors (Lipinski definition) is 1. The maximum atomic E-state index is 14.0. The van der Waals surface area contributed by atoms with Gasteiger partial charge in [0.05, 0.1) is 11.6 Å². The van der Waals surface area contributed by atoms with Crippen molar-refractivity contribution in [3.05, 3.63) is 64.9 Å². The molecule has 0 amide bonds. The highest BCUT2D eigenvalue weighted by Gasteiger charge is 2.28. The van der Waals surface area contributed by atoms with Crippen molar-refractivity contribution in [2.24, 2.45) is 5.92 Å². The minimum atomic E-state index is -3.67. The summed E-state index contributed by atoms with van der Waals surface area (Å²) in [5, 5.41) is 4.71. The van der Waals surface area contributed by atoms with Gasteiger partial charge in [0.25, 0.3) is 0 Å². The van der Waals surface area contributed by atoms with Crippen LogP contribution in [0.2, 0.25) is 0 Å². The molecule has 3 aromatic rings. The minimum absolute atomic E-state index is 0.110. The van der Waals surface area contributed by atoms with E-state index in [0.717, 1.165) is 46.4 Å². The van der Waals surface area contributed by atoms with E-state index in [2.05, 4.69) is 42.1 Å². The standard InChI is InChI=1S/C21H22FN3.C3H8.C2H6.CHF3/c1-12-7-8-15-13(2)18(22)10-9-16(15)21(12)25-20-6-4-5-19-17(20)11-23-14(3)24-19;1-3-2;1-2;2-1(3)4/h4-6,9-12,21,25H,7-8H2,1-3H3;3H2,1-2H3;1-2H3;1H. The van der Waals surface area contributed by atoms with Gasteiger partial charge in [0.15, 0.2) is 0 Å². The molecule has 0 aliphatic heterocycles. The summed E-state index contributed by atoms with van der Waals surface area (Å²) in [6, 6.07) is 9.79. The Morgan fingerprint density at radius 3 is 2.29 bits per heavy atom. The average Bonchev–Trinajstić information content (AvgIpc) is 2.79. The van der Waals surface area contributed by atoms with Crippen molar-refractivity contribution in [2.75, 3.05) is 5.32 Å². The smallest absolute Gasteiger partial charge is 0.377 e. The third-order valence-electron chi connectivity index (χ3n) is 5.38. The third kappa shape index (κ3) is 7.96. The van der Waals surface area contributed by atoms with Gasteiger partial charge in [-0.05, 0) is 67.5 Å². The van der Waals surface area contributed by atoms with Crippen LogP contribution in [0.15, 0.2) is 36.5 Å². The Morgan fingerprint density at radius 1 is 1.06 bits per heavy atom. The second-order valence-corrected chi connectivity index (χ2v) is 7.99. The number of hydrogen-bond acceptors (Lipinski definition) is 3. The summed E-state index contributed by atoms with van der Waals surface area (Å²) in [6.45, 7) is 10.6. The lowest BCUT2D eigenvalue weighted by Crippen LogP contribution is -2.26. The molecule has 1 aliphatic rings. The van der Waals surface area contributed by atoms with Crippen LogP contribution in [-0.4, -0.2) is 16.6 Å². The predicted octanol–water partition coefficient (Wildman–Crippen LogP) is 8.74. The predicted molar refractivity (Wildman–Crippen MR) is 134 cm³/mol. The third-order valence-corrected chi connectivity index (χ3v) is 5.38. The van der Waals surface area contributed by atoms with Gasteiger partial charge < -0.3 is 5.32 Å². The Morgan fingerprint density at radius 2 is 1.68 bits per heavy atom. The molecule has 0 bridgehead atoms. The van der Waals surface area contributed by atoms with Crippen LogP contribution in [0.1, 0.15) is 76.0 Å². The molecule has 1 N–H and O–H groups in total. The first-order chi connectivity index (χ1) is 16.2. The first kappa shape index (κ1) is 29.3. The Labute approximate surface area is 201 Å². The van der Waals surface area contributed by atoms with E-state index in [0.29, 0.717) is 5.92 Å². The summed E-state index contributed by atoms with van der Waals surface area (Å²) < 4.78 is 43.0. The number of anilines is 1. The molecular formula is C27H37F4N3. The highest BCUT2D eigenvalue weighted by atomic mass is 19.4. The summed E-state index contributed by atoms with van der Waals surface area (Å²) in [4.78, 5) is 8.87. The molecule has 188 valence electrons. The van der Waals surface area contributed by atoms with Gasteiger partial charge in [-0.25, -0.2) is 14.4 Å². The van der Waals surface area contributed by atoms with Crippen molar-refractivity contribution < 1.29 is 17.6 Å². The van der Waals surface area contributed by atoms with Gasteiger partial charge in [-0.15, -0.1) is 0 Å². The van der Waals surface area contributed by atoms with Crippen LogP contribution in [0.3, 0.4) is 0 Å². The number of aryl methyl sites for hydroxylation is 1. The van der Waals surface area contributed by atoms with Crippen molar-refractivity contribution in [2.45, 2.75) is 80.4 Å². The molecule has 4 rings (SSSR count). The molecule has 0 fully saturated rings. The van der Waals surface area contributed by atoms with Gasteiger partial charge in [0.2, 0.25) is 0 Å². The fraction of sp³-hybridized carbons (Fsp3) is 0.481. The topological polar surface area (TPSA) is 37.8 Å². The fourth-order valence-electron chi connectivity index (χ4n) is 3.88. The lowest BCUT2D eigenvalue weighted by Gasteiger charge is -2.34. The largest absolute Gasteiger partial charge is 0.379 e. The zero-order chi connectivity index (χ0) is 25.8. The lowest BCUT2D eigenvalue weighted by molar-refractivity contribution is 0.00819. The number of nitrogens with zero attached hydrogens (tertiary/aromatic N) is 2. The van der Waals surface area contributed by atoms with Gasteiger partial charge >= 0.3 is 6.68 Å². The van der Waals surface area contributed by atoms with Crippen molar-refractivity contribution in [1.29, 1.82) is 0 Å². The molecule has 1 heterocycles. The molecule has 1 aromatic heterocycles. The lowest BCUT2D eigenvalue weighted by atomic mass is 9.79. The second-order valence-electron chi connectivity index (χ2n) is 7.99. The molecule has 0 saturated carbocycles. The highest BCUT2D eigenvalue weighted by Crippen LogP contribution is 2.39. The van der Waals surface area contributed by atoms with Gasteiger partial charge in [-0.2, -0.15) is 13.2 Å². The van der Waals surface area contributed by atoms with E-state index in [9.17, 15) is 17.6 Å². The number of halogens is 4. The Kier molecular flexibility index (Phi) is 12.5. The summed E-state index contributed by atoms with van der Waals surface area (Å²) in [5.74, 6) is 1.13. The highest BCUT2D eigenvalue weighted by molar-refractivity contribution is 5.90. The number of nitrogens with one attached hydrogen (secondary N) is 1. The van der Waals surface area contributed by atoms with Crippen LogP contribution in [-0.2, 0) is 6.42 Å². The fourth-order valence-corrected chi connectivity index (χ4v) is 3.88. The number of benzene rings is 2. The molecule has 2 atom stereocenters. The number of alkyl halides is 3. The van der Waals surface area contributed by atoms with Crippen LogP contribution < -0.4 is 5.32 Å². The molecule has 7 heteroatoms. The molecule has 0 radical (unpaired) electrons. The normalized spacial score (nSPS) is 16.2. The first-order valence-corrected chi connectivity index (χ1v) is 11.9. The molecule has 1 aliphatic carbocycles. The van der Waals surface area contributed by atoms with Gasteiger partial charge in [-0.1, -0.05) is 53.2 Å². The van der Waals surface area contributed by atoms with Crippen LogP contribution >= 0.6 is 0 Å². The van der Waals surface area contributed by atoms with Gasteiger partial charge in [0.1, 0.15) is 11.6 Å². The van der Waals surface area contributed by atoms with Crippen molar-refractivity contribution >= 4 is 16.6 Å². The molecule has 2 unspecified atom stereocenters. The monoisotopic (exact) mass is 479 g/mol. The van der Waals surface area contributed by atoms with E-state index in [1.807, 2.05) is 52.1 Å². The second kappa shape index (κ2) is 14.5. The Bertz CT molecular complexity index is 1020. The molecule has 34 heavy (non-hydrogen) atoms. The zero-order valence-electron chi connectivity index (χ0n) is 21.2. The quantitative estimate of drug-likeness (QED) is 0.373. The van der Waals surface area contributed by atoms with E-state index in [1.165, 1.54) is 12.0 Å². The van der Waals surface area contributed by atoms with Crippen molar-refractivity contribution in [3.8, 4) is 0 Å². The summed E-state index contributed by atoms with van der Waals surface area (Å²) in [5.41, 5.74) is 5.12. The minimum Gasteiger partial charge on any atom is -0.377 e. The van der Waals surface area contributed by atoms with Crippen LogP contribution in [0, 0.1) is 25.6 Å². The Hall–Kier alpha value is -2.70. The average molecular weight is 480 g/mol. The molecule has 3 nitrogen and oxygen atoms in total. The van der Waals surface area contributed by atoms with Crippen molar-refractivity contribution in [3.63, 3.8) is 0 Å². The zero-order valence-corrected chi connectivity index (χ0v) is 21.2. The molecule has 0 spiro atoms. The maximum Gasteiger partial charge on any atom is 0.379 e. The van der Waals surface area contributed by atoms with Crippen molar-refractivity contribution in [1.82, 2.24) is 9.97 Å². The summed E-state index contributed by atoms with van der Waals surface area (Å²) in [7, 11) is 0. The summed E-state index contributed by atoms with van der Waals surface area (Å²) in [6.07, 6.45) is 5.12. The first-order valence-electron chi connectivity index (χ1n) is 11.9. The maximum absolute atomic E-state index is 14.0. The van der Waals surface area contributed by atoms with Crippen LogP contribution in [0.5, 0.6) is 0 Å². The van der Waals surface area contributed by atoms with E-state index < -0.39 is 6.68 Å². The molecular weight excluding hydrogens is 442 g/mol. The molecule has 0 saturated heterocycles. The van der Waals surface area contributed by atoms with E-state index >= 15 is 0 Å². The van der Waals surface area contributed by atoms with E-state index in [-0.39, 0.29) is 11.9 Å². The summed E-state index contributed by atoms with van der Waals surface area (Å²) >= 11 is 0. The number of fused-ring (bicyclic) bond motifs is 2. The van der Waals surface area contributed by atoms with Crippen LogP contribution in [0.25, 0.3) is 10.9 Å². The Balaban J connectivity index is 0.000000562. The SMILES string of the molecule is CC.CCC.Cc1ncc2c(NC3c4ccc(F)c(C)c4CCC3C)cccc2n1.FC(F)F. The number of aromatic nitrogens is 2. The van der Waals surface area contributed by atoms with Gasteiger partial charge in [-0.3, -0.25) is 0 Å². The van der Waals surface area contributed by atoms with Crippen LogP contribution in [0.4, 0.5) is 23.2 Å².